The van der Waals surface area contributed by atoms with Crippen LogP contribution in [0.1, 0.15) is 5.56 Å². The van der Waals surface area contributed by atoms with Crippen molar-refractivity contribution in [2.24, 2.45) is 0 Å². The number of hydrogen-bond donors (Lipinski definition) is 0. The summed E-state index contributed by atoms with van der Waals surface area (Å²) in [4.78, 5) is 12.1. The minimum atomic E-state index is -0.156. The van der Waals surface area contributed by atoms with Gasteiger partial charge in [-0.2, -0.15) is 5.10 Å². The fraction of sp³-hybridized carbons (Fsp3) is 0.111. The molecule has 0 aliphatic heterocycles. The molecule has 0 spiro atoms. The minimum absolute atomic E-state index is 0.156. The van der Waals surface area contributed by atoms with E-state index in [0.29, 0.717) is 17.3 Å². The molecule has 3 rings (SSSR count). The van der Waals surface area contributed by atoms with Gasteiger partial charge in [0.05, 0.1) is 19.3 Å². The molecule has 1 heterocycles. The second-order valence-electron chi connectivity index (χ2n) is 5.08. The lowest BCUT2D eigenvalue weighted by Crippen LogP contribution is -2.22. The van der Waals surface area contributed by atoms with Gasteiger partial charge in [-0.1, -0.05) is 35.9 Å². The summed E-state index contributed by atoms with van der Waals surface area (Å²) in [6.07, 6.45) is 0. The number of nitrogens with zero attached hydrogens (tertiary/aromatic N) is 2. The second-order valence-corrected chi connectivity index (χ2v) is 5.51. The van der Waals surface area contributed by atoms with Crippen LogP contribution in [-0.2, 0) is 6.54 Å². The first-order valence-corrected chi connectivity index (χ1v) is 7.50. The molecule has 0 N–H and O–H groups in total. The molecule has 0 amide bonds. The van der Waals surface area contributed by atoms with Crippen LogP contribution in [0.3, 0.4) is 0 Å². The summed E-state index contributed by atoms with van der Waals surface area (Å²) in [6.45, 7) is 0.372. The molecule has 0 aliphatic rings. The molecule has 0 radical (unpaired) electrons. The summed E-state index contributed by atoms with van der Waals surface area (Å²) in [5, 5.41) is 5.09. The Labute approximate surface area is 138 Å². The van der Waals surface area contributed by atoms with Crippen molar-refractivity contribution in [2.45, 2.75) is 6.54 Å². The largest absolute Gasteiger partial charge is 0.497 e. The summed E-state index contributed by atoms with van der Waals surface area (Å²) in [6, 6.07) is 18.2. The minimum Gasteiger partial charge on any atom is -0.497 e. The predicted molar refractivity (Wildman–Crippen MR) is 91.0 cm³/mol. The zero-order chi connectivity index (χ0) is 16.2. The van der Waals surface area contributed by atoms with E-state index in [1.54, 1.807) is 19.2 Å². The van der Waals surface area contributed by atoms with E-state index in [1.165, 1.54) is 10.7 Å². The van der Waals surface area contributed by atoms with Crippen molar-refractivity contribution in [2.75, 3.05) is 7.11 Å². The summed E-state index contributed by atoms with van der Waals surface area (Å²) < 4.78 is 6.66. The van der Waals surface area contributed by atoms with Crippen LogP contribution in [0.25, 0.3) is 11.3 Å². The maximum absolute atomic E-state index is 12.1. The SMILES string of the molecule is COc1cccc(-c2ccc(=O)n(Cc3cccc(Cl)c3)n2)c1. The Morgan fingerprint density at radius 1 is 1.09 bits per heavy atom. The lowest BCUT2D eigenvalue weighted by Gasteiger charge is -2.08. The Balaban J connectivity index is 1.97. The number of hydrogen-bond acceptors (Lipinski definition) is 3. The number of halogens is 1. The highest BCUT2D eigenvalue weighted by Crippen LogP contribution is 2.21. The molecular weight excluding hydrogens is 312 g/mol. The number of benzene rings is 2. The van der Waals surface area contributed by atoms with Crippen LogP contribution >= 0.6 is 11.6 Å². The van der Waals surface area contributed by atoms with Gasteiger partial charge in [-0.3, -0.25) is 4.79 Å². The van der Waals surface area contributed by atoms with Crippen LogP contribution in [0.15, 0.2) is 65.5 Å². The first kappa shape index (κ1) is 15.3. The van der Waals surface area contributed by atoms with E-state index < -0.39 is 0 Å². The average molecular weight is 327 g/mol. The Hall–Kier alpha value is -2.59. The number of aromatic nitrogens is 2. The van der Waals surface area contributed by atoms with E-state index in [2.05, 4.69) is 5.10 Å². The fourth-order valence-electron chi connectivity index (χ4n) is 2.31. The molecule has 0 bridgehead atoms. The van der Waals surface area contributed by atoms with Gasteiger partial charge in [-0.05, 0) is 35.9 Å². The molecule has 23 heavy (non-hydrogen) atoms. The quantitative estimate of drug-likeness (QED) is 0.735. The molecule has 2 aromatic carbocycles. The summed E-state index contributed by atoms with van der Waals surface area (Å²) in [5.41, 5.74) is 2.38. The van der Waals surface area contributed by atoms with Crippen molar-refractivity contribution in [3.8, 4) is 17.0 Å². The number of methoxy groups -OCH3 is 1. The maximum atomic E-state index is 12.1. The molecule has 0 saturated heterocycles. The molecule has 4 nitrogen and oxygen atoms in total. The van der Waals surface area contributed by atoms with Gasteiger partial charge in [0.25, 0.3) is 5.56 Å². The van der Waals surface area contributed by atoms with Gasteiger partial charge in [0, 0.05) is 16.7 Å². The van der Waals surface area contributed by atoms with E-state index in [9.17, 15) is 4.79 Å². The zero-order valence-electron chi connectivity index (χ0n) is 12.6. The topological polar surface area (TPSA) is 44.1 Å². The van der Waals surface area contributed by atoms with Crippen LogP contribution in [0.4, 0.5) is 0 Å². The highest BCUT2D eigenvalue weighted by molar-refractivity contribution is 6.30. The lowest BCUT2D eigenvalue weighted by atomic mass is 10.1. The van der Waals surface area contributed by atoms with Crippen LogP contribution < -0.4 is 10.3 Å². The van der Waals surface area contributed by atoms with E-state index in [4.69, 9.17) is 16.3 Å². The normalized spacial score (nSPS) is 10.5. The summed E-state index contributed by atoms with van der Waals surface area (Å²) >= 11 is 5.99. The van der Waals surface area contributed by atoms with Crippen molar-refractivity contribution in [3.05, 3.63) is 81.6 Å². The van der Waals surface area contributed by atoms with Gasteiger partial charge in [0.1, 0.15) is 5.75 Å². The molecule has 5 heteroatoms. The van der Waals surface area contributed by atoms with Crippen LogP contribution in [-0.4, -0.2) is 16.9 Å². The first-order valence-electron chi connectivity index (χ1n) is 7.13. The summed E-state index contributed by atoms with van der Waals surface area (Å²) in [7, 11) is 1.62. The first-order chi connectivity index (χ1) is 11.2. The molecule has 116 valence electrons. The van der Waals surface area contributed by atoms with E-state index in [1.807, 2.05) is 42.5 Å². The van der Waals surface area contributed by atoms with Gasteiger partial charge in [0.15, 0.2) is 0 Å². The van der Waals surface area contributed by atoms with Gasteiger partial charge in [0.2, 0.25) is 0 Å². The number of rotatable bonds is 4. The van der Waals surface area contributed by atoms with Crippen LogP contribution in [0, 0.1) is 0 Å². The highest BCUT2D eigenvalue weighted by atomic mass is 35.5. The predicted octanol–water partition coefficient (Wildman–Crippen LogP) is 3.62. The van der Waals surface area contributed by atoms with Gasteiger partial charge in [-0.15, -0.1) is 0 Å². The molecular formula is C18H15ClN2O2. The Morgan fingerprint density at radius 3 is 2.70 bits per heavy atom. The summed E-state index contributed by atoms with van der Waals surface area (Å²) in [5.74, 6) is 0.747. The van der Waals surface area contributed by atoms with E-state index >= 15 is 0 Å². The number of ether oxygens (including phenoxy) is 1. The fourth-order valence-corrected chi connectivity index (χ4v) is 2.52. The highest BCUT2D eigenvalue weighted by Gasteiger charge is 2.06. The third-order valence-corrected chi connectivity index (χ3v) is 3.69. The maximum Gasteiger partial charge on any atom is 0.267 e. The Bertz CT molecular complexity index is 890. The molecule has 0 unspecified atom stereocenters. The molecule has 0 aliphatic carbocycles. The van der Waals surface area contributed by atoms with Crippen LogP contribution in [0.2, 0.25) is 5.02 Å². The third-order valence-electron chi connectivity index (χ3n) is 3.45. The van der Waals surface area contributed by atoms with Gasteiger partial charge in [-0.25, -0.2) is 4.68 Å². The van der Waals surface area contributed by atoms with Gasteiger partial charge < -0.3 is 4.74 Å². The molecule has 3 aromatic rings. The van der Waals surface area contributed by atoms with Crippen LogP contribution in [0.5, 0.6) is 5.75 Å². The standard InChI is InChI=1S/C18H15ClN2O2/c1-23-16-7-3-5-14(11-16)17-8-9-18(22)21(20-17)12-13-4-2-6-15(19)10-13/h2-11H,12H2,1H3. The zero-order valence-corrected chi connectivity index (χ0v) is 13.3. The van der Waals surface area contributed by atoms with Gasteiger partial charge >= 0.3 is 0 Å². The monoisotopic (exact) mass is 326 g/mol. The van der Waals surface area contributed by atoms with Crippen molar-refractivity contribution in [1.29, 1.82) is 0 Å². The Morgan fingerprint density at radius 2 is 1.91 bits per heavy atom. The molecule has 0 atom stereocenters. The Kier molecular flexibility index (Phi) is 4.44. The molecule has 0 saturated carbocycles. The third kappa shape index (κ3) is 3.60. The van der Waals surface area contributed by atoms with Crippen molar-refractivity contribution >= 4 is 11.6 Å². The smallest absolute Gasteiger partial charge is 0.267 e. The lowest BCUT2D eigenvalue weighted by molar-refractivity contribution is 0.415. The second kappa shape index (κ2) is 6.67. The van der Waals surface area contributed by atoms with Crippen molar-refractivity contribution in [1.82, 2.24) is 9.78 Å². The van der Waals surface area contributed by atoms with E-state index in [-0.39, 0.29) is 5.56 Å². The van der Waals surface area contributed by atoms with Crippen molar-refractivity contribution < 1.29 is 4.74 Å². The van der Waals surface area contributed by atoms with E-state index in [0.717, 1.165) is 16.9 Å². The average Bonchev–Trinajstić information content (AvgIpc) is 2.57. The molecule has 0 fully saturated rings. The molecule has 1 aromatic heterocycles. The van der Waals surface area contributed by atoms with Crippen molar-refractivity contribution in [3.63, 3.8) is 0 Å².